The van der Waals surface area contributed by atoms with Crippen LogP contribution in [0.2, 0.25) is 0 Å². The number of hydrogen-bond donors (Lipinski definition) is 2. The van der Waals surface area contributed by atoms with E-state index in [2.05, 4.69) is 10.1 Å². The van der Waals surface area contributed by atoms with E-state index in [1.54, 1.807) is 31.2 Å². The van der Waals surface area contributed by atoms with Gasteiger partial charge in [-0.1, -0.05) is 12.1 Å². The summed E-state index contributed by atoms with van der Waals surface area (Å²) >= 11 is 0. The lowest BCUT2D eigenvalue weighted by Gasteiger charge is -2.10. The Labute approximate surface area is 132 Å². The SMILES string of the molecule is COC(=O)c1cccc(C(=O)Nc2cc(C(=O)O)ccc2C)c1. The maximum Gasteiger partial charge on any atom is 0.337 e. The molecule has 0 fully saturated rings. The fourth-order valence-electron chi connectivity index (χ4n) is 1.99. The Balaban J connectivity index is 2.27. The maximum atomic E-state index is 12.3. The first-order valence-electron chi connectivity index (χ1n) is 6.76. The van der Waals surface area contributed by atoms with Gasteiger partial charge in [0.25, 0.3) is 5.91 Å². The predicted molar refractivity (Wildman–Crippen MR) is 83.9 cm³/mol. The van der Waals surface area contributed by atoms with Crippen LogP contribution >= 0.6 is 0 Å². The highest BCUT2D eigenvalue weighted by molar-refractivity contribution is 6.06. The van der Waals surface area contributed by atoms with Crippen molar-refractivity contribution in [1.29, 1.82) is 0 Å². The number of ether oxygens (including phenoxy) is 1. The minimum atomic E-state index is -1.08. The number of nitrogens with one attached hydrogen (secondary N) is 1. The first kappa shape index (κ1) is 16.2. The largest absolute Gasteiger partial charge is 0.478 e. The molecule has 0 atom stereocenters. The van der Waals surface area contributed by atoms with Gasteiger partial charge in [-0.3, -0.25) is 4.79 Å². The monoisotopic (exact) mass is 313 g/mol. The van der Waals surface area contributed by atoms with Gasteiger partial charge in [-0.2, -0.15) is 0 Å². The number of carbonyl (C=O) groups excluding carboxylic acids is 2. The van der Waals surface area contributed by atoms with E-state index < -0.39 is 17.8 Å². The van der Waals surface area contributed by atoms with Crippen LogP contribution < -0.4 is 5.32 Å². The molecule has 2 N–H and O–H groups in total. The second kappa shape index (κ2) is 6.74. The van der Waals surface area contributed by atoms with E-state index in [0.717, 1.165) is 5.56 Å². The molecule has 2 aromatic rings. The van der Waals surface area contributed by atoms with Crippen LogP contribution in [0.5, 0.6) is 0 Å². The number of hydrogen-bond acceptors (Lipinski definition) is 4. The van der Waals surface area contributed by atoms with Crippen molar-refractivity contribution in [2.24, 2.45) is 0 Å². The lowest BCUT2D eigenvalue weighted by molar-refractivity contribution is 0.0599. The van der Waals surface area contributed by atoms with Crippen molar-refractivity contribution in [3.8, 4) is 0 Å². The molecule has 0 saturated carbocycles. The van der Waals surface area contributed by atoms with Crippen molar-refractivity contribution < 1.29 is 24.2 Å². The molecule has 0 aliphatic carbocycles. The summed E-state index contributed by atoms with van der Waals surface area (Å²) in [6.45, 7) is 1.76. The summed E-state index contributed by atoms with van der Waals surface area (Å²) in [6.07, 6.45) is 0. The Morgan fingerprint density at radius 2 is 1.70 bits per heavy atom. The van der Waals surface area contributed by atoms with Crippen molar-refractivity contribution in [3.63, 3.8) is 0 Å². The summed E-state index contributed by atoms with van der Waals surface area (Å²) in [5.74, 6) is -2.06. The molecule has 6 heteroatoms. The highest BCUT2D eigenvalue weighted by Crippen LogP contribution is 2.18. The van der Waals surface area contributed by atoms with Crippen LogP contribution in [0.3, 0.4) is 0 Å². The average molecular weight is 313 g/mol. The summed E-state index contributed by atoms with van der Waals surface area (Å²) in [5, 5.41) is 11.7. The van der Waals surface area contributed by atoms with Crippen molar-refractivity contribution in [2.75, 3.05) is 12.4 Å². The number of methoxy groups -OCH3 is 1. The number of carbonyl (C=O) groups is 3. The van der Waals surface area contributed by atoms with E-state index >= 15 is 0 Å². The molecule has 0 radical (unpaired) electrons. The molecular formula is C17H15NO5. The Hall–Kier alpha value is -3.15. The molecule has 0 aliphatic heterocycles. The molecule has 2 aromatic carbocycles. The van der Waals surface area contributed by atoms with Crippen LogP contribution in [0.1, 0.15) is 36.6 Å². The molecule has 0 aromatic heterocycles. The highest BCUT2D eigenvalue weighted by Gasteiger charge is 2.13. The summed E-state index contributed by atoms with van der Waals surface area (Å²) in [7, 11) is 1.26. The van der Waals surface area contributed by atoms with E-state index in [1.165, 1.54) is 25.3 Å². The molecule has 0 heterocycles. The van der Waals surface area contributed by atoms with Crippen LogP contribution in [-0.2, 0) is 4.74 Å². The van der Waals surface area contributed by atoms with Crippen molar-refractivity contribution in [3.05, 3.63) is 64.7 Å². The standard InChI is InChI=1S/C17H15NO5/c1-10-6-7-12(16(20)21)9-14(10)18-15(19)11-4-3-5-13(8-11)17(22)23-2/h3-9H,1-2H3,(H,18,19)(H,20,21). The zero-order valence-corrected chi connectivity index (χ0v) is 12.6. The van der Waals surface area contributed by atoms with E-state index in [9.17, 15) is 14.4 Å². The van der Waals surface area contributed by atoms with Gasteiger partial charge in [0.15, 0.2) is 0 Å². The third-order valence-electron chi connectivity index (χ3n) is 3.28. The number of esters is 1. The van der Waals surface area contributed by atoms with Gasteiger partial charge in [0.2, 0.25) is 0 Å². The number of anilines is 1. The van der Waals surface area contributed by atoms with Crippen molar-refractivity contribution >= 4 is 23.5 Å². The molecular weight excluding hydrogens is 298 g/mol. The van der Waals surface area contributed by atoms with E-state index in [0.29, 0.717) is 5.69 Å². The van der Waals surface area contributed by atoms with Gasteiger partial charge in [0, 0.05) is 11.3 Å². The Bertz CT molecular complexity index is 782. The number of carboxylic acid groups (broad SMARTS) is 1. The molecule has 6 nitrogen and oxygen atoms in total. The summed E-state index contributed by atoms with van der Waals surface area (Å²) in [5.41, 5.74) is 1.74. The zero-order chi connectivity index (χ0) is 17.0. The fraction of sp³-hybridized carbons (Fsp3) is 0.118. The van der Waals surface area contributed by atoms with E-state index in [1.807, 2.05) is 0 Å². The van der Waals surface area contributed by atoms with Gasteiger partial charge in [0.1, 0.15) is 0 Å². The summed E-state index contributed by atoms with van der Waals surface area (Å²) in [4.78, 5) is 34.8. The number of rotatable bonds is 4. The van der Waals surface area contributed by atoms with Gasteiger partial charge in [-0.15, -0.1) is 0 Å². The van der Waals surface area contributed by atoms with Gasteiger partial charge >= 0.3 is 11.9 Å². The topological polar surface area (TPSA) is 92.7 Å². The predicted octanol–water partition coefficient (Wildman–Crippen LogP) is 2.73. The molecule has 0 spiro atoms. The number of amides is 1. The quantitative estimate of drug-likeness (QED) is 0.847. The van der Waals surface area contributed by atoms with Crippen molar-refractivity contribution in [2.45, 2.75) is 6.92 Å². The number of aromatic carboxylic acids is 1. The zero-order valence-electron chi connectivity index (χ0n) is 12.6. The van der Waals surface area contributed by atoms with Gasteiger partial charge in [0.05, 0.1) is 18.2 Å². The van der Waals surface area contributed by atoms with Crippen LogP contribution in [0.4, 0.5) is 5.69 Å². The first-order chi connectivity index (χ1) is 10.9. The van der Waals surface area contributed by atoms with E-state index in [4.69, 9.17) is 5.11 Å². The molecule has 23 heavy (non-hydrogen) atoms. The van der Waals surface area contributed by atoms with Gasteiger partial charge < -0.3 is 15.2 Å². The Morgan fingerprint density at radius 3 is 2.35 bits per heavy atom. The average Bonchev–Trinajstić information content (AvgIpc) is 2.55. The molecule has 118 valence electrons. The molecule has 1 amide bonds. The normalized spacial score (nSPS) is 10.0. The van der Waals surface area contributed by atoms with Gasteiger partial charge in [-0.05, 0) is 42.8 Å². The van der Waals surface area contributed by atoms with Crippen LogP contribution in [-0.4, -0.2) is 30.1 Å². The molecule has 0 bridgehead atoms. The number of aryl methyl sites for hydroxylation is 1. The lowest BCUT2D eigenvalue weighted by Crippen LogP contribution is -2.14. The summed E-state index contributed by atoms with van der Waals surface area (Å²) in [6, 6.07) is 10.5. The van der Waals surface area contributed by atoms with Gasteiger partial charge in [-0.25, -0.2) is 9.59 Å². The summed E-state index contributed by atoms with van der Waals surface area (Å²) < 4.78 is 4.61. The maximum absolute atomic E-state index is 12.3. The minimum Gasteiger partial charge on any atom is -0.478 e. The van der Waals surface area contributed by atoms with Crippen molar-refractivity contribution in [1.82, 2.24) is 0 Å². The van der Waals surface area contributed by atoms with Crippen LogP contribution in [0.25, 0.3) is 0 Å². The third kappa shape index (κ3) is 3.74. The molecule has 0 aliphatic rings. The molecule has 0 unspecified atom stereocenters. The number of benzene rings is 2. The second-order valence-corrected chi connectivity index (χ2v) is 4.86. The van der Waals surface area contributed by atoms with Crippen LogP contribution in [0.15, 0.2) is 42.5 Å². The first-order valence-corrected chi connectivity index (χ1v) is 6.76. The smallest absolute Gasteiger partial charge is 0.337 e. The van der Waals surface area contributed by atoms with Crippen LogP contribution in [0, 0.1) is 6.92 Å². The van der Waals surface area contributed by atoms with E-state index in [-0.39, 0.29) is 16.7 Å². The number of carboxylic acids is 1. The Morgan fingerprint density at radius 1 is 1.00 bits per heavy atom. The molecule has 2 rings (SSSR count). The molecule has 0 saturated heterocycles. The Kier molecular flexibility index (Phi) is 4.75. The fourth-order valence-corrected chi connectivity index (χ4v) is 1.99. The second-order valence-electron chi connectivity index (χ2n) is 4.86. The third-order valence-corrected chi connectivity index (χ3v) is 3.28. The minimum absolute atomic E-state index is 0.0780. The lowest BCUT2D eigenvalue weighted by atomic mass is 10.1. The highest BCUT2D eigenvalue weighted by atomic mass is 16.5.